The monoisotopic (exact) mass is 296 g/mol. The minimum Gasteiger partial charge on any atom is -0.381 e. The summed E-state index contributed by atoms with van der Waals surface area (Å²) in [6, 6.07) is 7.54. The Labute approximate surface area is 122 Å². The lowest BCUT2D eigenvalue weighted by Gasteiger charge is -2.32. The van der Waals surface area contributed by atoms with Gasteiger partial charge in [-0.1, -0.05) is 19.1 Å². The van der Waals surface area contributed by atoms with Gasteiger partial charge < -0.3 is 10.2 Å². The molecule has 2 rings (SSSR count). The molecule has 0 aliphatic carbocycles. The van der Waals surface area contributed by atoms with Crippen LogP contribution in [0.25, 0.3) is 0 Å². The van der Waals surface area contributed by atoms with E-state index < -0.39 is 9.84 Å². The van der Waals surface area contributed by atoms with Crippen molar-refractivity contribution in [2.75, 3.05) is 31.2 Å². The van der Waals surface area contributed by atoms with E-state index >= 15 is 0 Å². The van der Waals surface area contributed by atoms with Crippen LogP contribution in [0.1, 0.15) is 26.2 Å². The molecule has 20 heavy (non-hydrogen) atoms. The lowest BCUT2D eigenvalue weighted by Crippen LogP contribution is -2.39. The summed E-state index contributed by atoms with van der Waals surface area (Å²) in [5, 5.41) is 3.41. The van der Waals surface area contributed by atoms with Gasteiger partial charge in [0.2, 0.25) is 0 Å². The van der Waals surface area contributed by atoms with Crippen molar-refractivity contribution in [2.24, 2.45) is 0 Å². The quantitative estimate of drug-likeness (QED) is 0.906. The van der Waals surface area contributed by atoms with Gasteiger partial charge in [0.1, 0.15) is 0 Å². The van der Waals surface area contributed by atoms with Crippen LogP contribution in [-0.2, 0) is 9.84 Å². The van der Waals surface area contributed by atoms with Gasteiger partial charge >= 0.3 is 0 Å². The van der Waals surface area contributed by atoms with Crippen molar-refractivity contribution in [2.45, 2.75) is 37.1 Å². The summed E-state index contributed by atoms with van der Waals surface area (Å²) in [5.41, 5.74) is 0.740. The van der Waals surface area contributed by atoms with E-state index in [0.717, 1.165) is 38.2 Å². The summed E-state index contributed by atoms with van der Waals surface area (Å²) < 4.78 is 23.6. The second-order valence-electron chi connectivity index (χ2n) is 5.53. The Morgan fingerprint density at radius 3 is 2.50 bits per heavy atom. The second kappa shape index (κ2) is 6.59. The highest BCUT2D eigenvalue weighted by molar-refractivity contribution is 7.90. The van der Waals surface area contributed by atoms with Gasteiger partial charge in [-0.3, -0.25) is 0 Å². The fraction of sp³-hybridized carbons (Fsp3) is 0.600. The normalized spacial score (nSPS) is 18.1. The van der Waals surface area contributed by atoms with Crippen molar-refractivity contribution < 1.29 is 8.42 Å². The van der Waals surface area contributed by atoms with Gasteiger partial charge in [-0.2, -0.15) is 0 Å². The molecule has 1 aliphatic heterocycles. The molecule has 0 saturated carbocycles. The van der Waals surface area contributed by atoms with E-state index in [-0.39, 0.29) is 0 Å². The molecule has 0 aromatic heterocycles. The molecule has 4 nitrogen and oxygen atoms in total. The lowest BCUT2D eigenvalue weighted by molar-refractivity contribution is 0.219. The first-order valence-corrected chi connectivity index (χ1v) is 9.18. The van der Waals surface area contributed by atoms with Crippen molar-refractivity contribution in [3.8, 4) is 0 Å². The number of hydrogen-bond acceptors (Lipinski definition) is 4. The fourth-order valence-electron chi connectivity index (χ4n) is 2.75. The molecule has 1 saturated heterocycles. The van der Waals surface area contributed by atoms with E-state index in [4.69, 9.17) is 0 Å². The SMILES string of the molecule is CCCN1CCC(Nc2ccccc2S(C)(=O)=O)CC1. The molecule has 1 aliphatic rings. The average molecular weight is 296 g/mol. The van der Waals surface area contributed by atoms with Crippen LogP contribution in [0, 0.1) is 0 Å². The molecule has 1 aromatic carbocycles. The van der Waals surface area contributed by atoms with Gasteiger partial charge in [0.05, 0.1) is 10.6 Å². The van der Waals surface area contributed by atoms with Gasteiger partial charge in [0.25, 0.3) is 0 Å². The van der Waals surface area contributed by atoms with Crippen molar-refractivity contribution >= 4 is 15.5 Å². The zero-order valence-corrected chi connectivity index (χ0v) is 13.1. The lowest BCUT2D eigenvalue weighted by atomic mass is 10.0. The van der Waals surface area contributed by atoms with E-state index in [1.165, 1.54) is 12.7 Å². The van der Waals surface area contributed by atoms with Crippen LogP contribution in [0.3, 0.4) is 0 Å². The summed E-state index contributed by atoms with van der Waals surface area (Å²) in [7, 11) is -3.18. The number of piperidine rings is 1. The molecular weight excluding hydrogens is 272 g/mol. The number of anilines is 1. The van der Waals surface area contributed by atoms with Crippen LogP contribution in [0.5, 0.6) is 0 Å². The first kappa shape index (κ1) is 15.3. The summed E-state index contributed by atoms with van der Waals surface area (Å²) in [4.78, 5) is 2.87. The maximum Gasteiger partial charge on any atom is 0.177 e. The van der Waals surface area contributed by atoms with Crippen molar-refractivity contribution in [1.82, 2.24) is 4.90 Å². The van der Waals surface area contributed by atoms with E-state index in [2.05, 4.69) is 17.1 Å². The number of nitrogens with zero attached hydrogens (tertiary/aromatic N) is 1. The van der Waals surface area contributed by atoms with Crippen LogP contribution in [0.2, 0.25) is 0 Å². The summed E-state index contributed by atoms with van der Waals surface area (Å²) in [6.07, 6.45) is 4.59. The van der Waals surface area contributed by atoms with Crippen molar-refractivity contribution in [1.29, 1.82) is 0 Å². The standard InChI is InChI=1S/C15H24N2O2S/c1-3-10-17-11-8-13(9-12-17)16-14-6-4-5-7-15(14)20(2,18)19/h4-7,13,16H,3,8-12H2,1-2H3. The smallest absolute Gasteiger partial charge is 0.177 e. The third-order valence-electron chi connectivity index (χ3n) is 3.77. The first-order chi connectivity index (χ1) is 9.50. The number of hydrogen-bond donors (Lipinski definition) is 1. The predicted molar refractivity (Wildman–Crippen MR) is 82.9 cm³/mol. The molecule has 1 heterocycles. The van der Waals surface area contributed by atoms with Gasteiger partial charge in [-0.15, -0.1) is 0 Å². The number of benzene rings is 1. The van der Waals surface area contributed by atoms with Crippen LogP contribution >= 0.6 is 0 Å². The van der Waals surface area contributed by atoms with Gasteiger partial charge in [-0.25, -0.2) is 8.42 Å². The number of nitrogens with one attached hydrogen (secondary N) is 1. The van der Waals surface area contributed by atoms with Crippen LogP contribution in [0.15, 0.2) is 29.2 Å². The molecule has 0 radical (unpaired) electrons. The molecule has 0 unspecified atom stereocenters. The Kier molecular flexibility index (Phi) is 5.05. The first-order valence-electron chi connectivity index (χ1n) is 7.28. The molecule has 5 heteroatoms. The minimum absolute atomic E-state index is 0.367. The summed E-state index contributed by atoms with van der Waals surface area (Å²) >= 11 is 0. The number of sulfone groups is 1. The van der Waals surface area contributed by atoms with Crippen LogP contribution in [-0.4, -0.2) is 45.2 Å². The van der Waals surface area contributed by atoms with Crippen LogP contribution in [0.4, 0.5) is 5.69 Å². The third-order valence-corrected chi connectivity index (χ3v) is 4.93. The van der Waals surface area contributed by atoms with E-state index in [9.17, 15) is 8.42 Å². The number of rotatable bonds is 5. The minimum atomic E-state index is -3.18. The highest BCUT2D eigenvalue weighted by Gasteiger charge is 2.20. The third kappa shape index (κ3) is 3.96. The fourth-order valence-corrected chi connectivity index (χ4v) is 3.60. The molecule has 0 bridgehead atoms. The zero-order valence-electron chi connectivity index (χ0n) is 12.3. The second-order valence-corrected chi connectivity index (χ2v) is 7.51. The van der Waals surface area contributed by atoms with Crippen molar-refractivity contribution in [3.05, 3.63) is 24.3 Å². The predicted octanol–water partition coefficient (Wildman–Crippen LogP) is 2.38. The Hall–Kier alpha value is -1.07. The molecule has 0 atom stereocenters. The van der Waals surface area contributed by atoms with Crippen molar-refractivity contribution in [3.63, 3.8) is 0 Å². The Morgan fingerprint density at radius 2 is 1.90 bits per heavy atom. The van der Waals surface area contributed by atoms with Gasteiger partial charge in [0.15, 0.2) is 9.84 Å². The van der Waals surface area contributed by atoms with E-state index in [0.29, 0.717) is 10.9 Å². The molecule has 112 valence electrons. The summed E-state index contributed by atoms with van der Waals surface area (Å²) in [5.74, 6) is 0. The maximum absolute atomic E-state index is 11.8. The molecule has 1 N–H and O–H groups in total. The van der Waals surface area contributed by atoms with Gasteiger partial charge in [-0.05, 0) is 37.9 Å². The molecule has 0 spiro atoms. The topological polar surface area (TPSA) is 49.4 Å². The largest absolute Gasteiger partial charge is 0.381 e. The number of likely N-dealkylation sites (tertiary alicyclic amines) is 1. The molecular formula is C15H24N2O2S. The Bertz CT molecular complexity index is 535. The molecule has 1 aromatic rings. The van der Waals surface area contributed by atoms with E-state index in [1.807, 2.05) is 12.1 Å². The van der Waals surface area contributed by atoms with Crippen LogP contribution < -0.4 is 5.32 Å². The molecule has 0 amide bonds. The highest BCUT2D eigenvalue weighted by Crippen LogP contribution is 2.24. The Morgan fingerprint density at radius 1 is 1.25 bits per heavy atom. The zero-order chi connectivity index (χ0) is 14.6. The van der Waals surface area contributed by atoms with Gasteiger partial charge in [0, 0.05) is 25.4 Å². The maximum atomic E-state index is 11.8. The summed E-state index contributed by atoms with van der Waals surface area (Å²) in [6.45, 7) is 5.54. The Balaban J connectivity index is 2.02. The average Bonchev–Trinajstić information content (AvgIpc) is 2.41. The van der Waals surface area contributed by atoms with E-state index in [1.54, 1.807) is 12.1 Å². The molecule has 1 fully saturated rings. The highest BCUT2D eigenvalue weighted by atomic mass is 32.2. The number of para-hydroxylation sites is 1.